The molecule has 1 atom stereocenters. The Morgan fingerprint density at radius 2 is 2.04 bits per heavy atom. The molecule has 132 valence electrons. The Labute approximate surface area is 157 Å². The van der Waals surface area contributed by atoms with Crippen molar-refractivity contribution >= 4 is 34.9 Å². The predicted octanol–water partition coefficient (Wildman–Crippen LogP) is 5.21. The lowest BCUT2D eigenvalue weighted by molar-refractivity contribution is 0.00105. The van der Waals surface area contributed by atoms with Crippen molar-refractivity contribution in [3.63, 3.8) is 0 Å². The first-order chi connectivity index (χ1) is 12.1. The highest BCUT2D eigenvalue weighted by atomic mass is 35.5. The van der Waals surface area contributed by atoms with Gasteiger partial charge in [0, 0.05) is 28.8 Å². The topological polar surface area (TPSA) is 41.6 Å². The van der Waals surface area contributed by atoms with Gasteiger partial charge in [0.15, 0.2) is 0 Å². The molecule has 0 spiro atoms. The first kappa shape index (κ1) is 18.1. The summed E-state index contributed by atoms with van der Waals surface area (Å²) in [7, 11) is 0. The number of benzene rings is 2. The molecule has 25 heavy (non-hydrogen) atoms. The number of rotatable bonds is 4. The highest BCUT2D eigenvalue weighted by Gasteiger charge is 2.24. The largest absolute Gasteiger partial charge is 0.372 e. The molecule has 6 heteroatoms. The number of halogens is 2. The van der Waals surface area contributed by atoms with Crippen LogP contribution in [-0.2, 0) is 11.3 Å². The van der Waals surface area contributed by atoms with Gasteiger partial charge in [0.05, 0.1) is 12.7 Å². The molecule has 1 aliphatic rings. The average Bonchev–Trinajstić information content (AvgIpc) is 2.61. The number of urea groups is 1. The van der Waals surface area contributed by atoms with E-state index in [2.05, 4.69) is 5.32 Å². The minimum atomic E-state index is -0.131. The van der Waals surface area contributed by atoms with Gasteiger partial charge in [-0.05, 0) is 42.7 Å². The molecule has 1 saturated heterocycles. The van der Waals surface area contributed by atoms with E-state index in [0.29, 0.717) is 28.9 Å². The number of nitrogens with one attached hydrogen (secondary N) is 1. The van der Waals surface area contributed by atoms with Crippen LogP contribution in [0, 0.1) is 0 Å². The lowest BCUT2D eigenvalue weighted by Gasteiger charge is -2.32. The van der Waals surface area contributed by atoms with E-state index in [9.17, 15) is 4.79 Å². The number of hydrogen-bond donors (Lipinski definition) is 1. The van der Waals surface area contributed by atoms with Crippen LogP contribution in [0.2, 0.25) is 10.0 Å². The second-order valence-corrected chi connectivity index (χ2v) is 6.90. The number of piperidine rings is 1. The van der Waals surface area contributed by atoms with Crippen LogP contribution in [0.3, 0.4) is 0 Å². The van der Waals surface area contributed by atoms with Crippen molar-refractivity contribution in [1.82, 2.24) is 4.90 Å². The van der Waals surface area contributed by atoms with Crippen LogP contribution in [0.1, 0.15) is 18.4 Å². The number of ether oxygens (including phenoxy) is 1. The summed E-state index contributed by atoms with van der Waals surface area (Å²) in [6.45, 7) is 1.74. The molecular weight excluding hydrogens is 359 g/mol. The van der Waals surface area contributed by atoms with E-state index >= 15 is 0 Å². The van der Waals surface area contributed by atoms with Crippen LogP contribution < -0.4 is 5.32 Å². The molecule has 0 aromatic heterocycles. The summed E-state index contributed by atoms with van der Waals surface area (Å²) < 4.78 is 5.97. The fraction of sp³-hybridized carbons (Fsp3) is 0.316. The van der Waals surface area contributed by atoms with Gasteiger partial charge in [-0.3, -0.25) is 0 Å². The molecule has 0 unspecified atom stereocenters. The molecule has 0 bridgehead atoms. The highest BCUT2D eigenvalue weighted by Crippen LogP contribution is 2.21. The smallest absolute Gasteiger partial charge is 0.321 e. The van der Waals surface area contributed by atoms with Gasteiger partial charge in [0.2, 0.25) is 0 Å². The molecule has 0 radical (unpaired) electrons. The molecular formula is C19H20Cl2N2O2. The number of carbonyl (C=O) groups is 1. The van der Waals surface area contributed by atoms with Crippen molar-refractivity contribution in [1.29, 1.82) is 0 Å². The van der Waals surface area contributed by atoms with Gasteiger partial charge >= 0.3 is 6.03 Å². The summed E-state index contributed by atoms with van der Waals surface area (Å²) in [6, 6.07) is 14.6. The zero-order valence-corrected chi connectivity index (χ0v) is 15.3. The fourth-order valence-electron chi connectivity index (χ4n) is 2.85. The van der Waals surface area contributed by atoms with Gasteiger partial charge in [-0.2, -0.15) is 0 Å². The average molecular weight is 379 g/mol. The third-order valence-electron chi connectivity index (χ3n) is 4.17. The summed E-state index contributed by atoms with van der Waals surface area (Å²) in [6.07, 6.45) is 1.86. The van der Waals surface area contributed by atoms with Crippen LogP contribution in [0.4, 0.5) is 10.5 Å². The molecule has 4 nitrogen and oxygen atoms in total. The lowest BCUT2D eigenvalue weighted by Crippen LogP contribution is -2.45. The van der Waals surface area contributed by atoms with Crippen molar-refractivity contribution in [3.8, 4) is 0 Å². The van der Waals surface area contributed by atoms with Crippen LogP contribution in [0.5, 0.6) is 0 Å². The van der Waals surface area contributed by atoms with Crippen LogP contribution in [0.25, 0.3) is 0 Å². The van der Waals surface area contributed by atoms with E-state index in [1.807, 2.05) is 36.4 Å². The van der Waals surface area contributed by atoms with Gasteiger partial charge in [0.25, 0.3) is 0 Å². The van der Waals surface area contributed by atoms with E-state index in [4.69, 9.17) is 27.9 Å². The first-order valence-corrected chi connectivity index (χ1v) is 9.04. The molecule has 0 saturated carbocycles. The monoisotopic (exact) mass is 378 g/mol. The number of carbonyl (C=O) groups excluding carboxylic acids is 1. The van der Waals surface area contributed by atoms with Gasteiger partial charge in [0.1, 0.15) is 0 Å². The summed E-state index contributed by atoms with van der Waals surface area (Å²) in [5.74, 6) is 0. The molecule has 1 heterocycles. The van der Waals surface area contributed by atoms with E-state index < -0.39 is 0 Å². The molecule has 2 aromatic carbocycles. The van der Waals surface area contributed by atoms with Gasteiger partial charge in [-0.1, -0.05) is 47.5 Å². The standard InChI is InChI=1S/C19H20Cl2N2O2/c20-15-6-3-7-16(11-15)22-19(24)23-10-4-8-17(12-23)25-13-14-5-1-2-9-18(14)21/h1-3,5-7,9,11,17H,4,8,10,12-13H2,(H,22,24)/t17-/m0/s1. The quantitative estimate of drug-likeness (QED) is 0.793. The zero-order chi connectivity index (χ0) is 17.6. The Morgan fingerprint density at radius 1 is 1.20 bits per heavy atom. The van der Waals surface area contributed by atoms with Crippen molar-refractivity contribution < 1.29 is 9.53 Å². The van der Waals surface area contributed by atoms with Crippen molar-refractivity contribution in [2.24, 2.45) is 0 Å². The van der Waals surface area contributed by atoms with Crippen LogP contribution in [-0.4, -0.2) is 30.1 Å². The van der Waals surface area contributed by atoms with E-state index in [0.717, 1.165) is 24.9 Å². The van der Waals surface area contributed by atoms with Gasteiger partial charge in [-0.15, -0.1) is 0 Å². The summed E-state index contributed by atoms with van der Waals surface area (Å²) >= 11 is 12.1. The maximum atomic E-state index is 12.4. The van der Waals surface area contributed by atoms with Crippen molar-refractivity contribution in [2.75, 3.05) is 18.4 Å². The minimum Gasteiger partial charge on any atom is -0.372 e. The van der Waals surface area contributed by atoms with E-state index in [1.54, 1.807) is 17.0 Å². The van der Waals surface area contributed by atoms with Crippen molar-refractivity contribution in [3.05, 3.63) is 64.1 Å². The maximum absolute atomic E-state index is 12.4. The number of hydrogen-bond acceptors (Lipinski definition) is 2. The Balaban J connectivity index is 1.53. The molecule has 0 aliphatic carbocycles. The third-order valence-corrected chi connectivity index (χ3v) is 4.78. The number of anilines is 1. The Kier molecular flexibility index (Phi) is 6.19. The van der Waals surface area contributed by atoms with E-state index in [1.165, 1.54) is 0 Å². The molecule has 1 aliphatic heterocycles. The third kappa shape index (κ3) is 5.11. The molecule has 2 amide bonds. The first-order valence-electron chi connectivity index (χ1n) is 8.28. The number of likely N-dealkylation sites (tertiary alicyclic amines) is 1. The molecule has 1 fully saturated rings. The maximum Gasteiger partial charge on any atom is 0.321 e. The highest BCUT2D eigenvalue weighted by molar-refractivity contribution is 6.31. The zero-order valence-electron chi connectivity index (χ0n) is 13.8. The predicted molar refractivity (Wildman–Crippen MR) is 101 cm³/mol. The Morgan fingerprint density at radius 3 is 2.84 bits per heavy atom. The van der Waals surface area contributed by atoms with Crippen LogP contribution >= 0.6 is 23.2 Å². The SMILES string of the molecule is O=C(Nc1cccc(Cl)c1)N1CCC[C@H](OCc2ccccc2Cl)C1. The van der Waals surface area contributed by atoms with Gasteiger partial charge in [-0.25, -0.2) is 4.79 Å². The lowest BCUT2D eigenvalue weighted by atomic mass is 10.1. The fourth-order valence-corrected chi connectivity index (χ4v) is 3.23. The number of amides is 2. The van der Waals surface area contributed by atoms with Crippen molar-refractivity contribution in [2.45, 2.75) is 25.6 Å². The summed E-state index contributed by atoms with van der Waals surface area (Å²) in [4.78, 5) is 14.2. The summed E-state index contributed by atoms with van der Waals surface area (Å²) in [5, 5.41) is 4.18. The second-order valence-electron chi connectivity index (χ2n) is 6.05. The normalized spacial score (nSPS) is 17.4. The minimum absolute atomic E-state index is 0.00938. The Bertz CT molecular complexity index is 739. The molecule has 3 rings (SSSR count). The molecule has 1 N–H and O–H groups in total. The molecule has 2 aromatic rings. The summed E-state index contributed by atoms with van der Waals surface area (Å²) in [5.41, 5.74) is 1.65. The Hall–Kier alpha value is -1.75. The second kappa shape index (κ2) is 8.56. The van der Waals surface area contributed by atoms with Crippen LogP contribution in [0.15, 0.2) is 48.5 Å². The number of nitrogens with zero attached hydrogens (tertiary/aromatic N) is 1. The van der Waals surface area contributed by atoms with E-state index in [-0.39, 0.29) is 12.1 Å². The van der Waals surface area contributed by atoms with Gasteiger partial charge < -0.3 is 15.0 Å².